The predicted molar refractivity (Wildman–Crippen MR) is 212 cm³/mol. The van der Waals surface area contributed by atoms with Gasteiger partial charge in [-0.1, -0.05) is 6.42 Å². The van der Waals surface area contributed by atoms with E-state index < -0.39 is 28.5 Å². The van der Waals surface area contributed by atoms with Crippen LogP contribution in [-0.4, -0.2) is 114 Å². The number of carboxylic acid groups (broad SMARTS) is 1. The lowest BCUT2D eigenvalue weighted by Crippen LogP contribution is -2.31. The molecule has 58 heavy (non-hydrogen) atoms. The summed E-state index contributed by atoms with van der Waals surface area (Å²) in [5.74, 6) is -1.32. The molecule has 1 unspecified atom stereocenters. The molecule has 0 aliphatic carbocycles. The topological polar surface area (TPSA) is 210 Å². The first-order valence-corrected chi connectivity index (χ1v) is 20.4. The maximum absolute atomic E-state index is 14.5. The number of halogens is 1. The predicted octanol–water partition coefficient (Wildman–Crippen LogP) is 4.73. The van der Waals surface area contributed by atoms with Gasteiger partial charge in [0.05, 0.1) is 61.8 Å². The molecule has 2 amide bonds. The molecular weight excluding hydrogens is 780 g/mol. The standard InChI is InChI=1S/C40H55FN4O12S/c1-29(57-40(2,3)4)7-5-6-8-30-25-33(12-15-35(30)41)56-32-10-13-34(14-11-32)58(50,51)45-36-16-9-31(26-44-36)39(49)43-18-20-53-21-23-54-27-37(46)42-17-19-52-22-24-55-28-38(47)48/h9-16,25-26,29H,5-8,17-24,27-28H2,1-4H3,(H,42,46)(H,43,49)(H,44,45)(H,47,48). The molecule has 0 aliphatic rings. The lowest BCUT2D eigenvalue weighted by molar-refractivity contribution is -0.142. The zero-order valence-corrected chi connectivity index (χ0v) is 34.2. The van der Waals surface area contributed by atoms with Crippen LogP contribution in [0.4, 0.5) is 10.2 Å². The Morgan fingerprint density at radius 3 is 2.09 bits per heavy atom. The number of carbonyl (C=O) groups is 3. The number of hydrogen-bond donors (Lipinski definition) is 4. The summed E-state index contributed by atoms with van der Waals surface area (Å²) >= 11 is 0. The van der Waals surface area contributed by atoms with Crippen molar-refractivity contribution in [2.75, 3.05) is 70.7 Å². The third-order valence-electron chi connectivity index (χ3n) is 7.82. The number of carboxylic acids is 1. The molecule has 1 atom stereocenters. The van der Waals surface area contributed by atoms with Crippen LogP contribution in [0.25, 0.3) is 0 Å². The lowest BCUT2D eigenvalue weighted by atomic mass is 10.0. The molecule has 0 radical (unpaired) electrons. The Balaban J connectivity index is 1.31. The summed E-state index contributed by atoms with van der Waals surface area (Å²) in [7, 11) is -4.02. The molecule has 0 saturated heterocycles. The van der Waals surface area contributed by atoms with E-state index in [4.69, 9.17) is 33.5 Å². The molecule has 4 N–H and O–H groups in total. The first kappa shape index (κ1) is 47.7. The van der Waals surface area contributed by atoms with Gasteiger partial charge in [0.25, 0.3) is 15.9 Å². The van der Waals surface area contributed by atoms with Crippen LogP contribution in [0, 0.1) is 5.82 Å². The number of carbonyl (C=O) groups excluding carboxylic acids is 2. The number of pyridine rings is 1. The molecule has 320 valence electrons. The fourth-order valence-corrected chi connectivity index (χ4v) is 6.25. The highest BCUT2D eigenvalue weighted by molar-refractivity contribution is 7.92. The van der Waals surface area contributed by atoms with Crippen molar-refractivity contribution in [3.05, 3.63) is 77.7 Å². The molecule has 0 aliphatic heterocycles. The van der Waals surface area contributed by atoms with Gasteiger partial charge in [-0.15, -0.1) is 0 Å². The Bertz CT molecular complexity index is 1820. The summed E-state index contributed by atoms with van der Waals surface area (Å²) in [6, 6.07) is 13.1. The second-order valence-electron chi connectivity index (χ2n) is 14.0. The van der Waals surface area contributed by atoms with E-state index in [1.54, 1.807) is 6.07 Å². The molecule has 3 rings (SSSR count). The smallest absolute Gasteiger partial charge is 0.329 e. The highest BCUT2D eigenvalue weighted by atomic mass is 32.2. The molecule has 18 heteroatoms. The van der Waals surface area contributed by atoms with Gasteiger partial charge in [-0.05, 0) is 107 Å². The van der Waals surface area contributed by atoms with Crippen molar-refractivity contribution in [2.24, 2.45) is 0 Å². The summed E-state index contributed by atoms with van der Waals surface area (Å²) in [6.45, 7) is 9.10. The molecule has 1 aromatic heterocycles. The van der Waals surface area contributed by atoms with Gasteiger partial charge in [0.15, 0.2) is 0 Å². The Morgan fingerprint density at radius 1 is 0.810 bits per heavy atom. The van der Waals surface area contributed by atoms with Gasteiger partial charge in [-0.3, -0.25) is 14.3 Å². The fourth-order valence-electron chi connectivity index (χ4n) is 5.24. The summed E-state index contributed by atoms with van der Waals surface area (Å²) in [5, 5.41) is 13.7. The zero-order valence-electron chi connectivity index (χ0n) is 33.4. The molecule has 2 aromatic carbocycles. The average Bonchev–Trinajstić information content (AvgIpc) is 3.16. The van der Waals surface area contributed by atoms with Gasteiger partial charge in [-0.25, -0.2) is 22.6 Å². The third-order valence-corrected chi connectivity index (χ3v) is 9.19. The molecule has 0 bridgehead atoms. The monoisotopic (exact) mass is 834 g/mol. The molecule has 16 nitrogen and oxygen atoms in total. The van der Waals surface area contributed by atoms with E-state index in [1.807, 2.05) is 27.7 Å². The number of nitrogens with zero attached hydrogens (tertiary/aromatic N) is 1. The Kier molecular flexibility index (Phi) is 20.5. The van der Waals surface area contributed by atoms with E-state index in [9.17, 15) is 27.2 Å². The summed E-state index contributed by atoms with van der Waals surface area (Å²) in [5.41, 5.74) is 0.536. The van der Waals surface area contributed by atoms with E-state index in [0.29, 0.717) is 23.5 Å². The number of ether oxygens (including phenoxy) is 6. The molecule has 3 aromatic rings. The molecule has 1 heterocycles. The second kappa shape index (κ2) is 24.9. The van der Waals surface area contributed by atoms with E-state index >= 15 is 0 Å². The van der Waals surface area contributed by atoms with Crippen molar-refractivity contribution in [3.8, 4) is 11.5 Å². The van der Waals surface area contributed by atoms with Gasteiger partial charge in [0, 0.05) is 19.3 Å². The quantitative estimate of drug-likeness (QED) is 0.0731. The SMILES string of the molecule is CC(CCCCc1cc(Oc2ccc(S(=O)(=O)Nc3ccc(C(=O)NCCOCCOCC(=O)NCCOCCOCC(=O)O)cn3)cc2)ccc1F)OC(C)(C)C. The number of aliphatic carboxylic acids is 1. The largest absolute Gasteiger partial charge is 0.480 e. The van der Waals surface area contributed by atoms with Crippen LogP contribution >= 0.6 is 0 Å². The number of sulfonamides is 1. The minimum absolute atomic E-state index is 0.0114. The van der Waals surface area contributed by atoms with Gasteiger partial charge in [0.1, 0.15) is 36.3 Å². The van der Waals surface area contributed by atoms with Gasteiger partial charge >= 0.3 is 5.97 Å². The Morgan fingerprint density at radius 2 is 1.45 bits per heavy atom. The number of benzene rings is 2. The van der Waals surface area contributed by atoms with Gasteiger partial charge in [-0.2, -0.15) is 0 Å². The highest BCUT2D eigenvalue weighted by Crippen LogP contribution is 2.27. The second-order valence-corrected chi connectivity index (χ2v) is 15.7. The molecule has 0 fully saturated rings. The molecule has 0 saturated carbocycles. The number of anilines is 1. The zero-order chi connectivity index (χ0) is 42.4. The van der Waals surface area contributed by atoms with Crippen molar-refractivity contribution in [1.82, 2.24) is 15.6 Å². The highest BCUT2D eigenvalue weighted by Gasteiger charge is 2.17. The van der Waals surface area contributed by atoms with Crippen LogP contribution < -0.4 is 20.1 Å². The van der Waals surface area contributed by atoms with Gasteiger partial charge in [0.2, 0.25) is 5.91 Å². The van der Waals surface area contributed by atoms with Crippen LogP contribution in [0.5, 0.6) is 11.5 Å². The number of nitrogens with one attached hydrogen (secondary N) is 3. The minimum Gasteiger partial charge on any atom is -0.480 e. The number of aryl methyl sites for hydroxylation is 1. The maximum Gasteiger partial charge on any atom is 0.329 e. The van der Waals surface area contributed by atoms with E-state index in [1.165, 1.54) is 54.7 Å². The maximum atomic E-state index is 14.5. The van der Waals surface area contributed by atoms with Crippen molar-refractivity contribution >= 4 is 33.6 Å². The van der Waals surface area contributed by atoms with Crippen LogP contribution in [0.3, 0.4) is 0 Å². The van der Waals surface area contributed by atoms with Crippen LogP contribution in [0.15, 0.2) is 65.7 Å². The lowest BCUT2D eigenvalue weighted by Gasteiger charge is -2.25. The van der Waals surface area contributed by atoms with E-state index in [-0.39, 0.29) is 99.0 Å². The number of aromatic nitrogens is 1. The van der Waals surface area contributed by atoms with Crippen molar-refractivity contribution in [1.29, 1.82) is 0 Å². The first-order chi connectivity index (χ1) is 27.6. The number of unbranched alkanes of at least 4 members (excludes halogenated alkanes) is 1. The summed E-state index contributed by atoms with van der Waals surface area (Å²) < 4.78 is 75.5. The fraction of sp³-hybridized carbons (Fsp3) is 0.500. The third kappa shape index (κ3) is 19.6. The van der Waals surface area contributed by atoms with E-state index in [2.05, 4.69) is 20.3 Å². The Hall–Kier alpha value is -4.72. The first-order valence-electron chi connectivity index (χ1n) is 18.9. The number of hydrogen-bond acceptors (Lipinski definition) is 12. The Labute approximate surface area is 339 Å². The van der Waals surface area contributed by atoms with Crippen molar-refractivity contribution in [2.45, 2.75) is 70.0 Å². The number of amides is 2. The average molecular weight is 835 g/mol. The van der Waals surface area contributed by atoms with Gasteiger partial charge < -0.3 is 44.2 Å². The van der Waals surface area contributed by atoms with Crippen molar-refractivity contribution in [3.63, 3.8) is 0 Å². The normalized spacial score (nSPS) is 12.2. The van der Waals surface area contributed by atoms with E-state index in [0.717, 1.165) is 19.3 Å². The van der Waals surface area contributed by atoms with Crippen LogP contribution in [0.2, 0.25) is 0 Å². The minimum atomic E-state index is -4.02. The summed E-state index contributed by atoms with van der Waals surface area (Å²) in [6.07, 6.45) is 4.46. The van der Waals surface area contributed by atoms with Crippen LogP contribution in [0.1, 0.15) is 62.9 Å². The number of rotatable bonds is 28. The summed E-state index contributed by atoms with van der Waals surface area (Å²) in [4.78, 5) is 38.6. The molecule has 0 spiro atoms. The van der Waals surface area contributed by atoms with Crippen molar-refractivity contribution < 1.29 is 60.7 Å². The van der Waals surface area contributed by atoms with Crippen LogP contribution in [-0.2, 0) is 49.7 Å². The molecular formula is C40H55FN4O12S.